The Morgan fingerprint density at radius 1 is 1.59 bits per heavy atom. The molecule has 0 saturated heterocycles. The topological polar surface area (TPSA) is 92.5 Å². The molecule has 6 heteroatoms. The zero-order chi connectivity index (χ0) is 13.0. The maximum absolute atomic E-state index is 11.6. The summed E-state index contributed by atoms with van der Waals surface area (Å²) in [6.07, 6.45) is 0.618. The highest BCUT2D eigenvalue weighted by Crippen LogP contribution is 2.33. The van der Waals surface area contributed by atoms with E-state index in [1.807, 2.05) is 6.92 Å². The van der Waals surface area contributed by atoms with Crippen LogP contribution in [0.2, 0.25) is 0 Å². The van der Waals surface area contributed by atoms with E-state index in [2.05, 4.69) is 5.32 Å². The van der Waals surface area contributed by atoms with Gasteiger partial charge in [0.1, 0.15) is 5.75 Å². The van der Waals surface area contributed by atoms with Gasteiger partial charge in [-0.15, -0.1) is 0 Å². The number of nitro benzene ring substituents is 1. The molecule has 92 valence electrons. The first kappa shape index (κ1) is 13.0. The van der Waals surface area contributed by atoms with Crippen molar-refractivity contribution >= 4 is 17.3 Å². The summed E-state index contributed by atoms with van der Waals surface area (Å²) in [5.74, 6) is -0.929. The van der Waals surface area contributed by atoms with Gasteiger partial charge in [-0.1, -0.05) is 19.9 Å². The minimum atomic E-state index is -0.647. The van der Waals surface area contributed by atoms with Crippen LogP contribution in [-0.2, 0) is 4.79 Å². The van der Waals surface area contributed by atoms with E-state index in [0.717, 1.165) is 0 Å². The molecule has 1 rings (SSSR count). The quantitative estimate of drug-likeness (QED) is 0.478. The Kier molecular flexibility index (Phi) is 4.03. The number of benzene rings is 1. The normalized spacial score (nSPS) is 11.9. The van der Waals surface area contributed by atoms with Gasteiger partial charge in [0, 0.05) is 12.0 Å². The van der Waals surface area contributed by atoms with Gasteiger partial charge < -0.3 is 10.4 Å². The van der Waals surface area contributed by atoms with Gasteiger partial charge in [0.15, 0.2) is 5.69 Å². The summed E-state index contributed by atoms with van der Waals surface area (Å²) in [6.45, 7) is 3.55. The number of hydrogen-bond donors (Lipinski definition) is 2. The van der Waals surface area contributed by atoms with E-state index in [0.29, 0.717) is 6.42 Å². The summed E-state index contributed by atoms with van der Waals surface area (Å²) in [6, 6.07) is 3.87. The molecular weight excluding hydrogens is 224 g/mol. The maximum Gasteiger partial charge on any atom is 0.296 e. The molecular formula is C11H14N2O4. The molecule has 17 heavy (non-hydrogen) atoms. The lowest BCUT2D eigenvalue weighted by Gasteiger charge is -2.11. The highest BCUT2D eigenvalue weighted by molar-refractivity contribution is 5.96. The van der Waals surface area contributed by atoms with Crippen LogP contribution < -0.4 is 5.32 Å². The molecule has 0 spiro atoms. The molecule has 1 atom stereocenters. The van der Waals surface area contributed by atoms with Crippen LogP contribution in [0, 0.1) is 16.0 Å². The largest absolute Gasteiger partial charge is 0.505 e. The number of hydrogen-bond acceptors (Lipinski definition) is 4. The van der Waals surface area contributed by atoms with Crippen molar-refractivity contribution in [2.24, 2.45) is 5.92 Å². The van der Waals surface area contributed by atoms with E-state index < -0.39 is 4.92 Å². The zero-order valence-electron chi connectivity index (χ0n) is 9.64. The third kappa shape index (κ3) is 2.93. The Hall–Kier alpha value is -2.11. The average Bonchev–Trinajstić information content (AvgIpc) is 2.30. The van der Waals surface area contributed by atoms with Crippen LogP contribution in [0.3, 0.4) is 0 Å². The summed E-state index contributed by atoms with van der Waals surface area (Å²) in [7, 11) is 0. The second-order valence-corrected chi connectivity index (χ2v) is 3.73. The van der Waals surface area contributed by atoms with Crippen LogP contribution in [0.1, 0.15) is 20.3 Å². The van der Waals surface area contributed by atoms with Crippen molar-refractivity contribution in [3.05, 3.63) is 28.3 Å². The Labute approximate surface area is 98.4 Å². The van der Waals surface area contributed by atoms with E-state index in [-0.39, 0.29) is 28.9 Å². The Balaban J connectivity index is 3.05. The predicted octanol–water partition coefficient (Wildman–Crippen LogP) is 2.29. The van der Waals surface area contributed by atoms with Crippen LogP contribution in [0.25, 0.3) is 0 Å². The molecule has 0 saturated carbocycles. The van der Waals surface area contributed by atoms with Gasteiger partial charge >= 0.3 is 0 Å². The van der Waals surface area contributed by atoms with Crippen molar-refractivity contribution in [1.29, 1.82) is 0 Å². The number of rotatable bonds is 4. The maximum atomic E-state index is 11.6. The van der Waals surface area contributed by atoms with Gasteiger partial charge in [0.25, 0.3) is 5.69 Å². The van der Waals surface area contributed by atoms with Gasteiger partial charge in [-0.2, -0.15) is 0 Å². The first-order valence-electron chi connectivity index (χ1n) is 5.24. The number of carbonyl (C=O) groups excluding carboxylic acids is 1. The molecule has 0 bridgehead atoms. The molecule has 0 aliphatic heterocycles. The van der Waals surface area contributed by atoms with Gasteiger partial charge in [0.2, 0.25) is 5.91 Å². The number of phenols is 1. The molecule has 1 unspecified atom stereocenters. The molecule has 1 amide bonds. The van der Waals surface area contributed by atoms with Gasteiger partial charge in [-0.25, -0.2) is 0 Å². The monoisotopic (exact) mass is 238 g/mol. The van der Waals surface area contributed by atoms with Crippen LogP contribution >= 0.6 is 0 Å². The Bertz CT molecular complexity index is 445. The predicted molar refractivity (Wildman–Crippen MR) is 62.8 cm³/mol. The molecule has 1 aromatic carbocycles. The van der Waals surface area contributed by atoms with E-state index in [1.54, 1.807) is 6.92 Å². The van der Waals surface area contributed by atoms with E-state index in [1.165, 1.54) is 18.2 Å². The highest BCUT2D eigenvalue weighted by Gasteiger charge is 2.21. The lowest BCUT2D eigenvalue weighted by Crippen LogP contribution is -2.20. The Morgan fingerprint density at radius 3 is 2.76 bits per heavy atom. The molecule has 0 fully saturated rings. The fourth-order valence-corrected chi connectivity index (χ4v) is 1.24. The minimum absolute atomic E-state index is 0.150. The number of carbonyl (C=O) groups is 1. The lowest BCUT2D eigenvalue weighted by molar-refractivity contribution is -0.384. The summed E-state index contributed by atoms with van der Waals surface area (Å²) in [4.78, 5) is 21.7. The number of nitro groups is 1. The number of para-hydroxylation sites is 1. The number of anilines is 1. The fraction of sp³-hybridized carbons (Fsp3) is 0.364. The first-order valence-corrected chi connectivity index (χ1v) is 5.24. The van der Waals surface area contributed by atoms with Crippen molar-refractivity contribution in [3.8, 4) is 5.75 Å². The molecule has 6 nitrogen and oxygen atoms in total. The smallest absolute Gasteiger partial charge is 0.296 e. The fourth-order valence-electron chi connectivity index (χ4n) is 1.24. The van der Waals surface area contributed by atoms with Crippen molar-refractivity contribution < 1.29 is 14.8 Å². The van der Waals surface area contributed by atoms with Crippen molar-refractivity contribution in [3.63, 3.8) is 0 Å². The zero-order valence-corrected chi connectivity index (χ0v) is 9.64. The summed E-state index contributed by atoms with van der Waals surface area (Å²) < 4.78 is 0. The molecule has 0 heterocycles. The molecule has 0 aliphatic carbocycles. The summed E-state index contributed by atoms with van der Waals surface area (Å²) in [5.41, 5.74) is -0.468. The van der Waals surface area contributed by atoms with E-state index in [9.17, 15) is 20.0 Å². The first-order chi connectivity index (χ1) is 7.97. The third-order valence-electron chi connectivity index (χ3n) is 2.53. The molecule has 0 aliphatic rings. The Morgan fingerprint density at radius 2 is 2.24 bits per heavy atom. The number of amides is 1. The van der Waals surface area contributed by atoms with Gasteiger partial charge in [-0.3, -0.25) is 14.9 Å². The second-order valence-electron chi connectivity index (χ2n) is 3.73. The van der Waals surface area contributed by atoms with Crippen LogP contribution in [-0.4, -0.2) is 15.9 Å². The SMILES string of the molecule is CCC(C)C(=O)Nc1c(O)cccc1[N+](=O)[O-]. The average molecular weight is 238 g/mol. The number of nitrogens with zero attached hydrogens (tertiary/aromatic N) is 1. The van der Waals surface area contributed by atoms with Crippen molar-refractivity contribution in [2.75, 3.05) is 5.32 Å². The summed E-state index contributed by atoms with van der Waals surface area (Å²) >= 11 is 0. The molecule has 1 aromatic rings. The van der Waals surface area contributed by atoms with Crippen LogP contribution in [0.4, 0.5) is 11.4 Å². The number of phenolic OH excluding ortho intramolecular Hbond substituents is 1. The lowest BCUT2D eigenvalue weighted by atomic mass is 10.1. The van der Waals surface area contributed by atoms with Crippen LogP contribution in [0.5, 0.6) is 5.75 Å². The van der Waals surface area contributed by atoms with Gasteiger partial charge in [0.05, 0.1) is 4.92 Å². The van der Waals surface area contributed by atoms with Crippen LogP contribution in [0.15, 0.2) is 18.2 Å². The van der Waals surface area contributed by atoms with Gasteiger partial charge in [-0.05, 0) is 12.5 Å². The van der Waals surface area contributed by atoms with E-state index in [4.69, 9.17) is 0 Å². The molecule has 0 radical (unpaired) electrons. The van der Waals surface area contributed by atoms with E-state index >= 15 is 0 Å². The second kappa shape index (κ2) is 5.29. The number of aromatic hydroxyl groups is 1. The summed E-state index contributed by atoms with van der Waals surface area (Å²) in [5, 5.41) is 22.6. The van der Waals surface area contributed by atoms with Crippen molar-refractivity contribution in [1.82, 2.24) is 0 Å². The molecule has 0 aromatic heterocycles. The minimum Gasteiger partial charge on any atom is -0.505 e. The van der Waals surface area contributed by atoms with Crippen molar-refractivity contribution in [2.45, 2.75) is 20.3 Å². The third-order valence-corrected chi connectivity index (χ3v) is 2.53. The number of nitrogens with one attached hydrogen (secondary N) is 1. The molecule has 2 N–H and O–H groups in total. The highest BCUT2D eigenvalue weighted by atomic mass is 16.6. The standard InChI is InChI=1S/C11H14N2O4/c1-3-7(2)11(15)12-10-8(13(16)17)5-4-6-9(10)14/h4-7,14H,3H2,1-2H3,(H,12,15).